The predicted octanol–water partition coefficient (Wildman–Crippen LogP) is 0.953. The third-order valence-corrected chi connectivity index (χ3v) is 7.81. The van der Waals surface area contributed by atoms with Crippen LogP contribution in [-0.2, 0) is 20.7 Å². The van der Waals surface area contributed by atoms with Gasteiger partial charge in [-0.2, -0.15) is 5.26 Å². The molecular weight excluding hydrogens is 588 g/mol. The number of nitrogens with two attached hydrogens (primary N) is 1. The van der Waals surface area contributed by atoms with E-state index in [2.05, 4.69) is 0 Å². The lowest BCUT2D eigenvalue weighted by molar-refractivity contribution is -0.247. The van der Waals surface area contributed by atoms with E-state index < -0.39 is 95.7 Å². The van der Waals surface area contributed by atoms with Gasteiger partial charge in [0, 0.05) is 48.9 Å². The summed E-state index contributed by atoms with van der Waals surface area (Å²) in [5.41, 5.74) is 2.37. The van der Waals surface area contributed by atoms with Crippen molar-refractivity contribution in [3.8, 4) is 23.3 Å². The number of halogens is 1. The second kappa shape index (κ2) is 12.9. The maximum atomic E-state index is 13.6. The van der Waals surface area contributed by atoms with Crippen molar-refractivity contribution in [2.75, 3.05) is 13.7 Å². The Morgan fingerprint density at radius 2 is 1.81 bits per heavy atom. The molecule has 2 aromatic rings. The van der Waals surface area contributed by atoms with Gasteiger partial charge in [-0.1, -0.05) is 12.1 Å². The molecule has 1 heterocycles. The van der Waals surface area contributed by atoms with Gasteiger partial charge in [-0.25, -0.2) is 0 Å². The van der Waals surface area contributed by atoms with E-state index in [1.807, 2.05) is 0 Å². The number of phenols is 2. The molecule has 0 spiro atoms. The molecular formula is C29H33ClN2O11. The lowest BCUT2D eigenvalue weighted by Crippen LogP contribution is -2.53. The van der Waals surface area contributed by atoms with Crippen LogP contribution in [0.2, 0.25) is 0 Å². The first-order valence-electron chi connectivity index (χ1n) is 13.1. The van der Waals surface area contributed by atoms with Crippen molar-refractivity contribution in [2.24, 2.45) is 5.73 Å². The molecule has 0 aromatic heterocycles. The molecule has 7 N–H and O–H groups in total. The SMILES string of the molecule is CC#N.COc1cccc2c1C(=O)c1c(O)c3c(c(O)c1C2=O)C[C@@](O)(C(=O)CO)C[C@@H]3O[C@H]1C[C@H](N)[C@@H](O)[C@H](C)O1.Cl. The molecule has 1 saturated heterocycles. The van der Waals surface area contributed by atoms with Gasteiger partial charge < -0.3 is 45.5 Å². The summed E-state index contributed by atoms with van der Waals surface area (Å²) in [6, 6.07) is 5.39. The normalized spacial score (nSPS) is 27.3. The molecule has 43 heavy (non-hydrogen) atoms. The van der Waals surface area contributed by atoms with E-state index in [0.29, 0.717) is 0 Å². The van der Waals surface area contributed by atoms with Crippen molar-refractivity contribution < 1.29 is 54.1 Å². The second-order valence-corrected chi connectivity index (χ2v) is 10.4. The summed E-state index contributed by atoms with van der Waals surface area (Å²) in [7, 11) is 1.32. The minimum Gasteiger partial charge on any atom is -0.507 e. The molecule has 0 unspecified atom stereocenters. The summed E-state index contributed by atoms with van der Waals surface area (Å²) in [6.07, 6.45) is -5.12. The number of aliphatic hydroxyl groups excluding tert-OH is 2. The van der Waals surface area contributed by atoms with Crippen LogP contribution in [0.4, 0.5) is 0 Å². The van der Waals surface area contributed by atoms with Gasteiger partial charge in [-0.3, -0.25) is 14.4 Å². The summed E-state index contributed by atoms with van der Waals surface area (Å²) in [5.74, 6) is -3.77. The number of nitriles is 1. The van der Waals surface area contributed by atoms with Gasteiger partial charge in [0.15, 0.2) is 17.9 Å². The minimum absolute atomic E-state index is 0. The Bertz CT molecular complexity index is 1480. The fraction of sp³-hybridized carbons (Fsp3) is 0.448. The van der Waals surface area contributed by atoms with E-state index in [-0.39, 0.29) is 46.8 Å². The quantitative estimate of drug-likeness (QED) is 0.218. The molecule has 3 aliphatic rings. The monoisotopic (exact) mass is 620 g/mol. The first kappa shape index (κ1) is 33.9. The Kier molecular flexibility index (Phi) is 10.2. The molecule has 0 radical (unpaired) electrons. The Labute approximate surface area is 252 Å². The molecule has 2 aliphatic carbocycles. The Balaban J connectivity index is 0.00000121. The number of carbonyl (C=O) groups excluding carboxylic acids is 3. The number of fused-ring (bicyclic) bond motifs is 3. The van der Waals surface area contributed by atoms with Gasteiger partial charge >= 0.3 is 0 Å². The highest BCUT2D eigenvalue weighted by atomic mass is 35.5. The summed E-state index contributed by atoms with van der Waals surface area (Å²) in [5, 5.41) is 61.0. The van der Waals surface area contributed by atoms with Gasteiger partial charge in [-0.05, 0) is 13.0 Å². The highest BCUT2D eigenvalue weighted by molar-refractivity contribution is 6.31. The lowest BCUT2D eigenvalue weighted by atomic mass is 9.72. The number of hydrogen-bond donors (Lipinski definition) is 6. The van der Waals surface area contributed by atoms with Crippen LogP contribution >= 0.6 is 12.4 Å². The van der Waals surface area contributed by atoms with Crippen LogP contribution in [0.3, 0.4) is 0 Å². The summed E-state index contributed by atoms with van der Waals surface area (Å²) < 4.78 is 17.0. The molecule has 5 rings (SSSR count). The fourth-order valence-electron chi connectivity index (χ4n) is 5.75. The van der Waals surface area contributed by atoms with E-state index in [1.165, 1.54) is 32.2 Å². The maximum Gasteiger partial charge on any atom is 0.202 e. The first-order valence-corrected chi connectivity index (χ1v) is 13.1. The number of phenolic OH excluding ortho intramolecular Hbond substituents is 2. The third kappa shape index (κ3) is 5.71. The van der Waals surface area contributed by atoms with E-state index >= 15 is 0 Å². The summed E-state index contributed by atoms with van der Waals surface area (Å²) >= 11 is 0. The number of aliphatic hydroxyl groups is 3. The van der Waals surface area contributed by atoms with Crippen molar-refractivity contribution in [1.29, 1.82) is 5.26 Å². The van der Waals surface area contributed by atoms with Gasteiger partial charge in [0.2, 0.25) is 5.78 Å². The van der Waals surface area contributed by atoms with Gasteiger partial charge in [0.05, 0.1) is 48.2 Å². The maximum absolute atomic E-state index is 13.6. The molecule has 6 atom stereocenters. The van der Waals surface area contributed by atoms with Crippen molar-refractivity contribution in [3.63, 3.8) is 0 Å². The number of aromatic hydroxyl groups is 2. The Morgan fingerprint density at radius 3 is 2.40 bits per heavy atom. The standard InChI is InChI=1S/C27H29NO11.C2H3N.ClH/c1-10-22(31)13(28)6-17(38-10)39-15-8-27(36,16(30)9-29)7-12-19(15)26(35)21-20(24(12)33)23(32)11-4-3-5-14(37-2)18(11)25(21)34;1-2-3;/h3-5,10,13,15,17,22,29,31,33,35-36H,6-9,28H2,1-2H3;1H3;1H/t10-,13-,15-,17-,22-,27-;;/m0../s1. The zero-order chi connectivity index (χ0) is 31.1. The first-order chi connectivity index (χ1) is 19.8. The van der Waals surface area contributed by atoms with E-state index in [4.69, 9.17) is 25.2 Å². The van der Waals surface area contributed by atoms with Crippen molar-refractivity contribution in [1.82, 2.24) is 0 Å². The molecule has 14 heteroatoms. The van der Waals surface area contributed by atoms with Gasteiger partial charge in [0.25, 0.3) is 0 Å². The number of Topliss-reactive ketones (excluding diaryl/α,β-unsaturated/α-hetero) is 1. The highest BCUT2D eigenvalue weighted by Gasteiger charge is 2.50. The minimum atomic E-state index is -2.24. The van der Waals surface area contributed by atoms with Crippen LogP contribution in [-0.4, -0.2) is 86.7 Å². The average molecular weight is 621 g/mol. The van der Waals surface area contributed by atoms with Crippen molar-refractivity contribution >= 4 is 29.8 Å². The smallest absolute Gasteiger partial charge is 0.202 e. The predicted molar refractivity (Wildman–Crippen MR) is 150 cm³/mol. The number of benzene rings is 2. The van der Waals surface area contributed by atoms with Crippen LogP contribution in [0.5, 0.6) is 17.2 Å². The zero-order valence-corrected chi connectivity index (χ0v) is 24.4. The highest BCUT2D eigenvalue weighted by Crippen LogP contribution is 2.52. The van der Waals surface area contributed by atoms with Crippen molar-refractivity contribution in [2.45, 2.75) is 69.4 Å². The van der Waals surface area contributed by atoms with Crippen LogP contribution in [0.25, 0.3) is 0 Å². The lowest BCUT2D eigenvalue weighted by Gasteiger charge is -2.42. The number of carbonyl (C=O) groups is 3. The molecule has 2 aromatic carbocycles. The Hall–Kier alpha value is -3.61. The van der Waals surface area contributed by atoms with Crippen LogP contribution in [0, 0.1) is 11.3 Å². The molecule has 0 bridgehead atoms. The number of nitrogens with zero attached hydrogens (tertiary/aromatic N) is 1. The van der Waals surface area contributed by atoms with Crippen LogP contribution in [0.1, 0.15) is 75.8 Å². The number of rotatable bonds is 5. The number of ketones is 3. The summed E-state index contributed by atoms with van der Waals surface area (Å²) in [4.78, 5) is 39.7. The molecule has 13 nitrogen and oxygen atoms in total. The van der Waals surface area contributed by atoms with Crippen molar-refractivity contribution in [3.05, 3.63) is 51.6 Å². The van der Waals surface area contributed by atoms with Gasteiger partial charge in [0.1, 0.15) is 29.5 Å². The zero-order valence-electron chi connectivity index (χ0n) is 23.6. The fourth-order valence-corrected chi connectivity index (χ4v) is 5.75. The second-order valence-electron chi connectivity index (χ2n) is 10.4. The van der Waals surface area contributed by atoms with E-state index in [0.717, 1.165) is 0 Å². The number of ether oxygens (including phenoxy) is 3. The molecule has 1 aliphatic heterocycles. The number of hydrogen-bond acceptors (Lipinski definition) is 13. The summed E-state index contributed by atoms with van der Waals surface area (Å²) in [6.45, 7) is 1.99. The topological polar surface area (TPSA) is 230 Å². The van der Waals surface area contributed by atoms with Crippen LogP contribution in [0.15, 0.2) is 18.2 Å². The number of methoxy groups -OCH3 is 1. The molecule has 0 saturated carbocycles. The van der Waals surface area contributed by atoms with Gasteiger partial charge in [-0.15, -0.1) is 12.4 Å². The van der Waals surface area contributed by atoms with E-state index in [1.54, 1.807) is 13.0 Å². The third-order valence-electron chi connectivity index (χ3n) is 7.81. The molecule has 0 amide bonds. The molecule has 1 fully saturated rings. The molecule has 232 valence electrons. The average Bonchev–Trinajstić information content (AvgIpc) is 2.95. The largest absolute Gasteiger partial charge is 0.507 e. The van der Waals surface area contributed by atoms with E-state index in [9.17, 15) is 39.9 Å². The Morgan fingerprint density at radius 1 is 1.19 bits per heavy atom. The van der Waals surface area contributed by atoms with Crippen LogP contribution < -0.4 is 10.5 Å².